The van der Waals surface area contributed by atoms with Gasteiger partial charge in [-0.1, -0.05) is 12.2 Å². The molecule has 0 aromatic rings. The molecule has 4 heteroatoms. The van der Waals surface area contributed by atoms with E-state index in [9.17, 15) is 4.79 Å². The molecule has 0 aliphatic heterocycles. The highest BCUT2D eigenvalue weighted by Crippen LogP contribution is 1.88. The Morgan fingerprint density at radius 3 is 2.73 bits per heavy atom. The predicted octanol–water partition coefficient (Wildman–Crippen LogP) is 0.695. The van der Waals surface area contributed by atoms with Crippen molar-refractivity contribution < 1.29 is 9.53 Å². The third-order valence-electron chi connectivity index (χ3n) is 1.75. The van der Waals surface area contributed by atoms with Gasteiger partial charge in [0.25, 0.3) is 0 Å². The van der Waals surface area contributed by atoms with E-state index in [1.807, 2.05) is 14.0 Å². The second kappa shape index (κ2) is 9.68. The van der Waals surface area contributed by atoms with Gasteiger partial charge in [-0.3, -0.25) is 4.79 Å². The van der Waals surface area contributed by atoms with Crippen LogP contribution in [0.3, 0.4) is 0 Å². The average molecular weight is 214 g/mol. The first kappa shape index (κ1) is 14.1. The van der Waals surface area contributed by atoms with Crippen LogP contribution in [0.2, 0.25) is 0 Å². The maximum atomic E-state index is 11.2. The molecule has 0 aromatic heterocycles. The Labute approximate surface area is 92.1 Å². The van der Waals surface area contributed by atoms with Crippen molar-refractivity contribution in [3.05, 3.63) is 12.2 Å². The van der Waals surface area contributed by atoms with E-state index in [4.69, 9.17) is 4.74 Å². The van der Waals surface area contributed by atoms with Gasteiger partial charge in [-0.2, -0.15) is 0 Å². The molecule has 2 N–H and O–H groups in total. The fraction of sp³-hybridized carbons (Fsp3) is 0.727. The normalized spacial score (nSPS) is 10.0. The van der Waals surface area contributed by atoms with Crippen molar-refractivity contribution in [3.63, 3.8) is 0 Å². The number of amides is 1. The van der Waals surface area contributed by atoms with E-state index >= 15 is 0 Å². The molecule has 0 saturated carbocycles. The Kier molecular flexibility index (Phi) is 9.11. The second-order valence-corrected chi connectivity index (χ2v) is 3.57. The lowest BCUT2D eigenvalue weighted by Crippen LogP contribution is -2.27. The third-order valence-corrected chi connectivity index (χ3v) is 1.75. The molecule has 1 amide bonds. The van der Waals surface area contributed by atoms with Crippen LogP contribution < -0.4 is 10.6 Å². The van der Waals surface area contributed by atoms with Gasteiger partial charge in [0.05, 0.1) is 13.2 Å². The summed E-state index contributed by atoms with van der Waals surface area (Å²) in [4.78, 5) is 11.2. The van der Waals surface area contributed by atoms with Crippen LogP contribution >= 0.6 is 0 Å². The summed E-state index contributed by atoms with van der Waals surface area (Å²) in [5.74, 6) is 0.0872. The van der Waals surface area contributed by atoms with Crippen molar-refractivity contribution in [3.8, 4) is 0 Å². The van der Waals surface area contributed by atoms with Gasteiger partial charge in [-0.15, -0.1) is 0 Å². The lowest BCUT2D eigenvalue weighted by atomic mass is 10.3. The van der Waals surface area contributed by atoms with Gasteiger partial charge in [0.15, 0.2) is 0 Å². The first-order valence-corrected chi connectivity index (χ1v) is 5.30. The number of rotatable bonds is 9. The van der Waals surface area contributed by atoms with Gasteiger partial charge in [0, 0.05) is 13.0 Å². The van der Waals surface area contributed by atoms with Gasteiger partial charge in [-0.25, -0.2) is 0 Å². The van der Waals surface area contributed by atoms with E-state index in [-0.39, 0.29) is 5.91 Å². The van der Waals surface area contributed by atoms with E-state index in [0.29, 0.717) is 26.2 Å². The van der Waals surface area contributed by atoms with Crippen molar-refractivity contribution in [2.75, 3.05) is 33.4 Å². The van der Waals surface area contributed by atoms with Gasteiger partial charge < -0.3 is 15.4 Å². The van der Waals surface area contributed by atoms with Gasteiger partial charge in [0.2, 0.25) is 5.91 Å². The molecule has 0 rings (SSSR count). The summed E-state index contributed by atoms with van der Waals surface area (Å²) in [6.45, 7) is 8.19. The molecular formula is C11H22N2O2. The van der Waals surface area contributed by atoms with Crippen LogP contribution in [-0.4, -0.2) is 39.3 Å². The second-order valence-electron chi connectivity index (χ2n) is 3.57. The largest absolute Gasteiger partial charge is 0.375 e. The molecule has 0 unspecified atom stereocenters. The molecule has 0 saturated heterocycles. The predicted molar refractivity (Wildman–Crippen MR) is 61.8 cm³/mol. The fourth-order valence-electron chi connectivity index (χ4n) is 1.02. The Hall–Kier alpha value is -0.870. The smallest absolute Gasteiger partial charge is 0.220 e. The highest BCUT2D eigenvalue weighted by atomic mass is 16.5. The van der Waals surface area contributed by atoms with Crippen LogP contribution in [0.1, 0.15) is 19.8 Å². The minimum atomic E-state index is 0.0872. The van der Waals surface area contributed by atoms with E-state index in [1.165, 1.54) is 0 Å². The first-order chi connectivity index (χ1) is 7.16. The Balaban J connectivity index is 3.20. The van der Waals surface area contributed by atoms with Crippen molar-refractivity contribution in [1.29, 1.82) is 0 Å². The van der Waals surface area contributed by atoms with E-state index in [0.717, 1.165) is 18.5 Å². The summed E-state index contributed by atoms with van der Waals surface area (Å²) in [6.07, 6.45) is 1.44. The van der Waals surface area contributed by atoms with Crippen LogP contribution in [0, 0.1) is 0 Å². The molecule has 0 fully saturated rings. The highest BCUT2D eigenvalue weighted by Gasteiger charge is 1.99. The summed E-state index contributed by atoms with van der Waals surface area (Å²) >= 11 is 0. The Morgan fingerprint density at radius 2 is 2.13 bits per heavy atom. The summed E-state index contributed by atoms with van der Waals surface area (Å²) in [5, 5.41) is 5.79. The molecule has 0 aliphatic rings. The number of ether oxygens (including phenoxy) is 1. The number of carbonyl (C=O) groups is 1. The standard InChI is InChI=1S/C11H22N2O2/c1-10(2)9-15-8-7-13-11(14)5-4-6-12-3/h12H,1,4-9H2,2-3H3,(H,13,14). The van der Waals surface area contributed by atoms with Crippen LogP contribution in [0.25, 0.3) is 0 Å². The molecule has 0 aromatic carbocycles. The van der Waals surface area contributed by atoms with Crippen LogP contribution in [0.4, 0.5) is 0 Å². The van der Waals surface area contributed by atoms with E-state index in [1.54, 1.807) is 0 Å². The number of hydrogen-bond donors (Lipinski definition) is 2. The van der Waals surface area contributed by atoms with Crippen LogP contribution in [-0.2, 0) is 9.53 Å². The van der Waals surface area contributed by atoms with E-state index < -0.39 is 0 Å². The SMILES string of the molecule is C=C(C)COCCNC(=O)CCCNC. The van der Waals surface area contributed by atoms with Crippen molar-refractivity contribution in [2.45, 2.75) is 19.8 Å². The number of carbonyl (C=O) groups excluding carboxylic acids is 1. The average Bonchev–Trinajstić information content (AvgIpc) is 2.17. The van der Waals surface area contributed by atoms with Gasteiger partial charge in [0.1, 0.15) is 0 Å². The zero-order valence-electron chi connectivity index (χ0n) is 9.77. The molecule has 15 heavy (non-hydrogen) atoms. The summed E-state index contributed by atoms with van der Waals surface area (Å²) < 4.78 is 5.24. The Morgan fingerprint density at radius 1 is 1.40 bits per heavy atom. The zero-order chi connectivity index (χ0) is 11.5. The molecule has 0 heterocycles. The fourth-order valence-corrected chi connectivity index (χ4v) is 1.02. The van der Waals surface area contributed by atoms with Crippen molar-refractivity contribution in [1.82, 2.24) is 10.6 Å². The number of hydrogen-bond acceptors (Lipinski definition) is 3. The van der Waals surface area contributed by atoms with Crippen LogP contribution in [0.15, 0.2) is 12.2 Å². The summed E-state index contributed by atoms with van der Waals surface area (Å²) in [5.41, 5.74) is 0.996. The molecular weight excluding hydrogens is 192 g/mol. The topological polar surface area (TPSA) is 50.4 Å². The zero-order valence-corrected chi connectivity index (χ0v) is 9.77. The monoisotopic (exact) mass is 214 g/mol. The quantitative estimate of drug-likeness (QED) is 0.439. The summed E-state index contributed by atoms with van der Waals surface area (Å²) in [6, 6.07) is 0. The van der Waals surface area contributed by atoms with Gasteiger partial charge >= 0.3 is 0 Å². The van der Waals surface area contributed by atoms with Crippen molar-refractivity contribution >= 4 is 5.91 Å². The molecule has 0 bridgehead atoms. The maximum absolute atomic E-state index is 11.2. The lowest BCUT2D eigenvalue weighted by molar-refractivity contribution is -0.121. The molecule has 0 atom stereocenters. The molecule has 0 aliphatic carbocycles. The van der Waals surface area contributed by atoms with Gasteiger partial charge in [-0.05, 0) is 26.9 Å². The lowest BCUT2D eigenvalue weighted by Gasteiger charge is -2.06. The van der Waals surface area contributed by atoms with E-state index in [2.05, 4.69) is 17.2 Å². The molecule has 0 radical (unpaired) electrons. The molecule has 88 valence electrons. The van der Waals surface area contributed by atoms with Crippen molar-refractivity contribution in [2.24, 2.45) is 0 Å². The third kappa shape index (κ3) is 11.1. The molecule has 0 spiro atoms. The highest BCUT2D eigenvalue weighted by molar-refractivity contribution is 5.75. The maximum Gasteiger partial charge on any atom is 0.220 e. The molecule has 4 nitrogen and oxygen atoms in total. The number of nitrogens with one attached hydrogen (secondary N) is 2. The Bertz CT molecular complexity index is 193. The minimum Gasteiger partial charge on any atom is -0.375 e. The minimum absolute atomic E-state index is 0.0872. The van der Waals surface area contributed by atoms with Crippen LogP contribution in [0.5, 0.6) is 0 Å². The first-order valence-electron chi connectivity index (χ1n) is 5.30. The summed E-state index contributed by atoms with van der Waals surface area (Å²) in [7, 11) is 1.88.